The number of fused-ring (bicyclic) bond motifs is 2. The van der Waals surface area contributed by atoms with Crippen molar-refractivity contribution in [3.05, 3.63) is 70.3 Å². The standard InChI is InChI=1S/C23H19N5O3S2/c1-13(21(30)27-11-18(29)25-16-9-5-6-10-17(16)27)33-23-26-20-19(22(31)28(23)24)15(12-32-20)14-7-3-2-4-8-14/h2-10,12-13H,11,24H2,1H3,(H,25,29). The highest BCUT2D eigenvalue weighted by Crippen LogP contribution is 2.34. The summed E-state index contributed by atoms with van der Waals surface area (Å²) in [5.41, 5.74) is 2.54. The van der Waals surface area contributed by atoms with Crippen LogP contribution in [0.5, 0.6) is 0 Å². The number of anilines is 2. The van der Waals surface area contributed by atoms with Crippen LogP contribution in [0.4, 0.5) is 11.4 Å². The fraction of sp³-hybridized carbons (Fsp3) is 0.130. The molecule has 33 heavy (non-hydrogen) atoms. The van der Waals surface area contributed by atoms with Crippen LogP contribution in [0.3, 0.4) is 0 Å². The summed E-state index contributed by atoms with van der Waals surface area (Å²) in [6, 6.07) is 16.7. The lowest BCUT2D eigenvalue weighted by molar-refractivity contribution is -0.121. The van der Waals surface area contributed by atoms with E-state index in [2.05, 4.69) is 10.3 Å². The zero-order valence-corrected chi connectivity index (χ0v) is 19.2. The summed E-state index contributed by atoms with van der Waals surface area (Å²) in [4.78, 5) is 45.0. The second kappa shape index (κ2) is 8.38. The molecule has 3 N–H and O–H groups in total. The Hall–Kier alpha value is -3.63. The Morgan fingerprint density at radius 2 is 1.88 bits per heavy atom. The lowest BCUT2D eigenvalue weighted by atomic mass is 10.1. The van der Waals surface area contributed by atoms with Crippen LogP contribution in [0.1, 0.15) is 6.92 Å². The summed E-state index contributed by atoms with van der Waals surface area (Å²) in [5.74, 6) is 5.58. The summed E-state index contributed by atoms with van der Waals surface area (Å²) in [7, 11) is 0. The Balaban J connectivity index is 1.46. The van der Waals surface area contributed by atoms with Crippen LogP contribution in [0, 0.1) is 0 Å². The second-order valence-electron chi connectivity index (χ2n) is 7.51. The number of hydrogen-bond donors (Lipinski definition) is 2. The van der Waals surface area contributed by atoms with Gasteiger partial charge in [-0.05, 0) is 24.6 Å². The molecule has 3 heterocycles. The van der Waals surface area contributed by atoms with Crippen molar-refractivity contribution >= 4 is 56.5 Å². The number of thioether (sulfide) groups is 1. The Bertz CT molecular complexity index is 1450. The van der Waals surface area contributed by atoms with Crippen LogP contribution in [0.15, 0.2) is 69.9 Å². The van der Waals surface area contributed by atoms with Crippen molar-refractivity contribution in [2.45, 2.75) is 17.3 Å². The van der Waals surface area contributed by atoms with Crippen LogP contribution >= 0.6 is 23.1 Å². The molecule has 0 fully saturated rings. The number of hydrogen-bond acceptors (Lipinski definition) is 7. The topological polar surface area (TPSA) is 110 Å². The molecule has 2 amide bonds. The van der Waals surface area contributed by atoms with Gasteiger partial charge < -0.3 is 11.2 Å². The number of amides is 2. The van der Waals surface area contributed by atoms with E-state index in [4.69, 9.17) is 5.84 Å². The number of nitrogens with one attached hydrogen (secondary N) is 1. The molecule has 0 radical (unpaired) electrons. The number of rotatable bonds is 4. The number of thiophene rings is 1. The summed E-state index contributed by atoms with van der Waals surface area (Å²) in [6.07, 6.45) is 0. The summed E-state index contributed by atoms with van der Waals surface area (Å²) in [6.45, 7) is 1.64. The molecule has 4 aromatic rings. The Morgan fingerprint density at radius 1 is 1.15 bits per heavy atom. The van der Waals surface area contributed by atoms with E-state index in [1.807, 2.05) is 41.8 Å². The van der Waals surface area contributed by atoms with Gasteiger partial charge >= 0.3 is 0 Å². The highest BCUT2D eigenvalue weighted by atomic mass is 32.2. The summed E-state index contributed by atoms with van der Waals surface area (Å²) in [5, 5.41) is 4.73. The van der Waals surface area contributed by atoms with E-state index in [9.17, 15) is 14.4 Å². The molecule has 0 bridgehead atoms. The van der Waals surface area contributed by atoms with Crippen molar-refractivity contribution in [2.75, 3.05) is 22.6 Å². The third-order valence-electron chi connectivity index (χ3n) is 5.36. The molecule has 2 aromatic carbocycles. The van der Waals surface area contributed by atoms with Gasteiger partial charge in [-0.25, -0.2) is 9.66 Å². The first-order valence-electron chi connectivity index (χ1n) is 10.2. The van der Waals surface area contributed by atoms with Gasteiger partial charge in [0, 0.05) is 10.9 Å². The molecular formula is C23H19N5O3S2. The maximum Gasteiger partial charge on any atom is 0.282 e. The smallest absolute Gasteiger partial charge is 0.282 e. The van der Waals surface area contributed by atoms with E-state index in [0.717, 1.165) is 27.6 Å². The average molecular weight is 478 g/mol. The lowest BCUT2D eigenvalue weighted by Crippen LogP contribution is -2.45. The number of carbonyl (C=O) groups is 2. The monoisotopic (exact) mass is 477 g/mol. The van der Waals surface area contributed by atoms with Gasteiger partial charge in [-0.1, -0.05) is 54.2 Å². The third-order valence-corrected chi connectivity index (χ3v) is 7.29. The minimum absolute atomic E-state index is 0.0754. The number of nitrogen functional groups attached to an aromatic ring is 1. The molecule has 10 heteroatoms. The van der Waals surface area contributed by atoms with E-state index in [-0.39, 0.29) is 29.1 Å². The van der Waals surface area contributed by atoms with Crippen molar-refractivity contribution in [2.24, 2.45) is 0 Å². The Morgan fingerprint density at radius 3 is 2.67 bits per heavy atom. The van der Waals surface area contributed by atoms with Gasteiger partial charge in [0.2, 0.25) is 11.8 Å². The van der Waals surface area contributed by atoms with E-state index in [0.29, 0.717) is 21.6 Å². The normalized spacial score (nSPS) is 14.1. The molecule has 0 spiro atoms. The maximum atomic E-state index is 13.2. The molecule has 2 aromatic heterocycles. The van der Waals surface area contributed by atoms with Gasteiger partial charge in [0.25, 0.3) is 5.56 Å². The van der Waals surface area contributed by atoms with Crippen molar-refractivity contribution in [3.63, 3.8) is 0 Å². The predicted molar refractivity (Wildman–Crippen MR) is 132 cm³/mol. The molecule has 1 atom stereocenters. The molecule has 1 aliphatic heterocycles. The van der Waals surface area contributed by atoms with E-state index in [1.165, 1.54) is 16.2 Å². The molecular weight excluding hydrogens is 458 g/mol. The molecule has 8 nitrogen and oxygen atoms in total. The molecule has 1 unspecified atom stereocenters. The fourth-order valence-electron chi connectivity index (χ4n) is 3.76. The first-order chi connectivity index (χ1) is 15.9. The number of carbonyl (C=O) groups excluding carboxylic acids is 2. The van der Waals surface area contributed by atoms with Crippen LogP contribution in [0.2, 0.25) is 0 Å². The van der Waals surface area contributed by atoms with Crippen molar-refractivity contribution in [1.82, 2.24) is 9.66 Å². The molecule has 5 rings (SSSR count). The largest absolute Gasteiger partial charge is 0.334 e. The molecule has 0 saturated heterocycles. The zero-order chi connectivity index (χ0) is 23.1. The van der Waals surface area contributed by atoms with Gasteiger partial charge in [0.05, 0.1) is 22.0 Å². The van der Waals surface area contributed by atoms with Gasteiger partial charge in [-0.15, -0.1) is 11.3 Å². The molecule has 1 aliphatic rings. The number of nitrogens with two attached hydrogens (primary N) is 1. The van der Waals surface area contributed by atoms with Crippen molar-refractivity contribution in [1.29, 1.82) is 0 Å². The minimum Gasteiger partial charge on any atom is -0.334 e. The van der Waals surface area contributed by atoms with Crippen LogP contribution in [-0.2, 0) is 9.59 Å². The number of benzene rings is 2. The third kappa shape index (κ3) is 3.77. The minimum atomic E-state index is -0.628. The van der Waals surface area contributed by atoms with Gasteiger partial charge in [-0.2, -0.15) is 0 Å². The maximum absolute atomic E-state index is 13.2. The fourth-order valence-corrected chi connectivity index (χ4v) is 5.64. The SMILES string of the molecule is CC(Sc1nc2scc(-c3ccccc3)c2c(=O)n1N)C(=O)N1CC(=O)Nc2ccccc21. The van der Waals surface area contributed by atoms with E-state index >= 15 is 0 Å². The van der Waals surface area contributed by atoms with Crippen molar-refractivity contribution < 1.29 is 9.59 Å². The quantitative estimate of drug-likeness (QED) is 0.265. The second-order valence-corrected chi connectivity index (χ2v) is 9.68. The summed E-state index contributed by atoms with van der Waals surface area (Å²) >= 11 is 2.45. The molecule has 0 aliphatic carbocycles. The first-order valence-corrected chi connectivity index (χ1v) is 11.9. The van der Waals surface area contributed by atoms with Gasteiger partial charge in [-0.3, -0.25) is 19.3 Å². The zero-order valence-electron chi connectivity index (χ0n) is 17.5. The highest BCUT2D eigenvalue weighted by molar-refractivity contribution is 8.00. The van der Waals surface area contributed by atoms with Crippen LogP contribution in [-0.4, -0.2) is 33.3 Å². The molecule has 166 valence electrons. The van der Waals surface area contributed by atoms with Gasteiger partial charge in [0.15, 0.2) is 5.16 Å². The van der Waals surface area contributed by atoms with Crippen molar-refractivity contribution in [3.8, 4) is 11.1 Å². The summed E-state index contributed by atoms with van der Waals surface area (Å²) < 4.78 is 0.993. The number of nitrogens with zero attached hydrogens (tertiary/aromatic N) is 3. The first kappa shape index (κ1) is 21.2. The number of aromatic nitrogens is 2. The van der Waals surface area contributed by atoms with E-state index in [1.54, 1.807) is 25.1 Å². The Labute approximate surface area is 197 Å². The highest BCUT2D eigenvalue weighted by Gasteiger charge is 2.31. The predicted octanol–water partition coefficient (Wildman–Crippen LogP) is 3.30. The van der Waals surface area contributed by atoms with Crippen LogP contribution < -0.4 is 21.6 Å². The van der Waals surface area contributed by atoms with Crippen LogP contribution in [0.25, 0.3) is 21.3 Å². The van der Waals surface area contributed by atoms with Gasteiger partial charge in [0.1, 0.15) is 11.4 Å². The Kier molecular flexibility index (Phi) is 5.39. The number of para-hydroxylation sites is 2. The average Bonchev–Trinajstić information content (AvgIpc) is 3.25. The van der Waals surface area contributed by atoms with E-state index < -0.39 is 5.25 Å². The molecule has 0 saturated carbocycles. The lowest BCUT2D eigenvalue weighted by Gasteiger charge is -2.30.